The van der Waals surface area contributed by atoms with Crippen LogP contribution in [0.1, 0.15) is 178 Å². The molecule has 3 heteroatoms. The molecular formula is C79H83BN2. The van der Waals surface area contributed by atoms with Gasteiger partial charge in [0.25, 0.3) is 6.71 Å². The van der Waals surface area contributed by atoms with E-state index >= 15 is 0 Å². The quantitative estimate of drug-likeness (QED) is 0.116. The number of rotatable bonds is 7. The van der Waals surface area contributed by atoms with Gasteiger partial charge in [0.15, 0.2) is 0 Å². The molecule has 0 spiro atoms. The lowest BCUT2D eigenvalue weighted by Crippen LogP contribution is -2.62. The van der Waals surface area contributed by atoms with Crippen LogP contribution in [0.2, 0.25) is 0 Å². The van der Waals surface area contributed by atoms with Crippen molar-refractivity contribution in [3.05, 3.63) is 244 Å². The standard InChI is InChI=1S/C79H83BN2/c1-50-41-57(74(2,3)4)33-37-66(50)81-68-36-32-54(51-25-19-16-20-26-51)43-64(68)80-65-47-62-63(77(10,11)40-39-76(62,8)9)48-69(65)82(71-45-56(44-70(81)73(71)80)72(52-27-21-17-22-28-52)53-29-23-18-24-30-53)67-38-34-58(75(5,6)7)46-59(67)55-31-35-60-61(42-55)79(14,15)49-78(60,12)13/h16-38,41-48,72H,39-40,49H2,1-15H3. The summed E-state index contributed by atoms with van der Waals surface area (Å²) in [5, 5.41) is 0. The Balaban J connectivity index is 1.21. The van der Waals surface area contributed by atoms with Gasteiger partial charge >= 0.3 is 0 Å². The Morgan fingerprint density at radius 3 is 1.45 bits per heavy atom. The zero-order chi connectivity index (χ0) is 57.6. The van der Waals surface area contributed by atoms with Gasteiger partial charge in [0.05, 0.1) is 5.69 Å². The minimum atomic E-state index is -0.0798. The van der Waals surface area contributed by atoms with Crippen molar-refractivity contribution in [1.82, 2.24) is 0 Å². The maximum Gasteiger partial charge on any atom is 0.252 e. The average Bonchev–Trinajstić information content (AvgIpc) is 1.13. The summed E-state index contributed by atoms with van der Waals surface area (Å²) in [5.41, 5.74) is 30.2. The fraction of sp³-hybridized carbons (Fsp3) is 0.316. The predicted octanol–water partition coefficient (Wildman–Crippen LogP) is 19.5. The molecule has 0 saturated carbocycles. The van der Waals surface area contributed by atoms with Crippen molar-refractivity contribution in [3.8, 4) is 22.3 Å². The van der Waals surface area contributed by atoms with Gasteiger partial charge < -0.3 is 9.80 Å². The fourth-order valence-electron chi connectivity index (χ4n) is 15.4. The first-order chi connectivity index (χ1) is 38.8. The fourth-order valence-corrected chi connectivity index (χ4v) is 15.4. The van der Waals surface area contributed by atoms with Crippen molar-refractivity contribution in [2.45, 2.75) is 162 Å². The van der Waals surface area contributed by atoms with E-state index in [1.165, 1.54) is 128 Å². The van der Waals surface area contributed by atoms with Crippen LogP contribution in [-0.4, -0.2) is 6.71 Å². The second-order valence-electron chi connectivity index (χ2n) is 29.6. The van der Waals surface area contributed by atoms with Gasteiger partial charge in [-0.3, -0.25) is 0 Å². The normalized spacial score (nSPS) is 17.0. The van der Waals surface area contributed by atoms with Crippen LogP contribution in [0, 0.1) is 6.92 Å². The minimum absolute atomic E-state index is 0.00677. The molecular weight excluding hydrogens is 988 g/mol. The Bertz CT molecular complexity index is 3950. The molecule has 0 atom stereocenters. The number of anilines is 6. The third-order valence-electron chi connectivity index (χ3n) is 19.8. The van der Waals surface area contributed by atoms with Crippen molar-refractivity contribution in [1.29, 1.82) is 0 Å². The molecule has 2 heterocycles. The van der Waals surface area contributed by atoms with E-state index in [0.717, 1.165) is 19.3 Å². The molecule has 0 N–H and O–H groups in total. The summed E-state index contributed by atoms with van der Waals surface area (Å²) in [7, 11) is 0. The zero-order valence-corrected chi connectivity index (χ0v) is 51.6. The van der Waals surface area contributed by atoms with Crippen LogP contribution in [0.15, 0.2) is 188 Å². The van der Waals surface area contributed by atoms with Crippen LogP contribution in [0.4, 0.5) is 34.1 Å². The molecule has 0 bridgehead atoms. The molecule has 412 valence electrons. The van der Waals surface area contributed by atoms with Gasteiger partial charge in [0.2, 0.25) is 0 Å². The van der Waals surface area contributed by atoms with Gasteiger partial charge in [-0.1, -0.05) is 243 Å². The molecule has 9 aromatic carbocycles. The van der Waals surface area contributed by atoms with E-state index in [1.54, 1.807) is 0 Å². The van der Waals surface area contributed by atoms with Crippen LogP contribution in [0.5, 0.6) is 0 Å². The molecule has 0 saturated heterocycles. The van der Waals surface area contributed by atoms with Crippen LogP contribution >= 0.6 is 0 Å². The van der Waals surface area contributed by atoms with E-state index in [0.29, 0.717) is 0 Å². The summed E-state index contributed by atoms with van der Waals surface area (Å²) in [6, 6.07) is 73.9. The van der Waals surface area contributed by atoms with Crippen molar-refractivity contribution >= 4 is 57.2 Å². The predicted molar refractivity (Wildman–Crippen MR) is 353 cm³/mol. The van der Waals surface area contributed by atoms with Crippen LogP contribution < -0.4 is 26.2 Å². The highest BCUT2D eigenvalue weighted by Gasteiger charge is 2.48. The molecule has 0 amide bonds. The smallest absolute Gasteiger partial charge is 0.252 e. The van der Waals surface area contributed by atoms with E-state index in [1.807, 2.05) is 0 Å². The molecule has 82 heavy (non-hydrogen) atoms. The number of aryl methyl sites for hydroxylation is 1. The van der Waals surface area contributed by atoms with Gasteiger partial charge in [0, 0.05) is 39.9 Å². The molecule has 0 unspecified atom stereocenters. The molecule has 9 aromatic rings. The summed E-state index contributed by atoms with van der Waals surface area (Å²) in [5.74, 6) is -0.0491. The van der Waals surface area contributed by atoms with Crippen LogP contribution in [0.3, 0.4) is 0 Å². The highest BCUT2D eigenvalue weighted by Crippen LogP contribution is 2.55. The van der Waals surface area contributed by atoms with Crippen molar-refractivity contribution in [3.63, 3.8) is 0 Å². The Hall–Kier alpha value is -7.36. The maximum atomic E-state index is 2.77. The first kappa shape index (κ1) is 53.9. The topological polar surface area (TPSA) is 6.48 Å². The Morgan fingerprint density at radius 2 is 0.866 bits per heavy atom. The monoisotopic (exact) mass is 1070 g/mol. The molecule has 2 aliphatic carbocycles. The van der Waals surface area contributed by atoms with Gasteiger partial charge in [-0.15, -0.1) is 0 Å². The van der Waals surface area contributed by atoms with E-state index in [2.05, 4.69) is 302 Å². The molecule has 0 radical (unpaired) electrons. The van der Waals surface area contributed by atoms with E-state index in [4.69, 9.17) is 0 Å². The van der Waals surface area contributed by atoms with Crippen molar-refractivity contribution < 1.29 is 0 Å². The summed E-state index contributed by atoms with van der Waals surface area (Å²) < 4.78 is 0. The second kappa shape index (κ2) is 18.8. The van der Waals surface area contributed by atoms with Gasteiger partial charge in [-0.25, -0.2) is 0 Å². The molecule has 0 fully saturated rings. The highest BCUT2D eigenvalue weighted by molar-refractivity contribution is 7.00. The number of nitrogens with zero attached hydrogens (tertiary/aromatic N) is 2. The van der Waals surface area contributed by atoms with Gasteiger partial charge in [0.1, 0.15) is 0 Å². The van der Waals surface area contributed by atoms with Crippen molar-refractivity contribution in [2.75, 3.05) is 9.80 Å². The molecule has 13 rings (SSSR count). The summed E-state index contributed by atoms with van der Waals surface area (Å²) in [6.45, 7) is 36.2. The Labute approximate surface area is 491 Å². The molecule has 2 nitrogen and oxygen atoms in total. The minimum Gasteiger partial charge on any atom is -0.311 e. The summed E-state index contributed by atoms with van der Waals surface area (Å²) >= 11 is 0. The lowest BCUT2D eigenvalue weighted by atomic mass is 9.33. The molecule has 4 aliphatic rings. The third-order valence-corrected chi connectivity index (χ3v) is 19.8. The van der Waals surface area contributed by atoms with Crippen LogP contribution in [0.25, 0.3) is 22.3 Å². The maximum absolute atomic E-state index is 2.77. The van der Waals surface area contributed by atoms with E-state index in [-0.39, 0.29) is 45.1 Å². The number of fused-ring (bicyclic) bond motifs is 6. The molecule has 0 aromatic heterocycles. The third kappa shape index (κ3) is 8.82. The number of benzene rings is 9. The Kier molecular flexibility index (Phi) is 12.4. The number of hydrogen-bond donors (Lipinski definition) is 0. The Morgan fingerprint density at radius 1 is 0.378 bits per heavy atom. The first-order valence-corrected chi connectivity index (χ1v) is 30.5. The summed E-state index contributed by atoms with van der Waals surface area (Å²) in [4.78, 5) is 5.43. The SMILES string of the molecule is Cc1cc(C(C)(C)C)ccc1N1c2ccc(-c3ccccc3)cc2B2c3cc4c(cc3N(c3ccc(C(C)(C)C)cc3-c3ccc5c(c3)C(C)(C)CC5(C)C)c3cc(C(c5ccccc5)c5ccccc5)cc1c32)C(C)(C)CCC4(C)C. The highest BCUT2D eigenvalue weighted by atomic mass is 15.2. The first-order valence-electron chi connectivity index (χ1n) is 30.5. The molecule has 2 aliphatic heterocycles. The van der Waals surface area contributed by atoms with E-state index < -0.39 is 0 Å². The number of hydrogen-bond acceptors (Lipinski definition) is 2. The summed E-state index contributed by atoms with van der Waals surface area (Å²) in [6.07, 6.45) is 3.40. The van der Waals surface area contributed by atoms with Gasteiger partial charge in [-0.05, 0) is 190 Å². The van der Waals surface area contributed by atoms with Crippen LogP contribution in [-0.2, 0) is 32.5 Å². The van der Waals surface area contributed by atoms with Crippen molar-refractivity contribution in [2.24, 2.45) is 0 Å². The zero-order valence-electron chi connectivity index (χ0n) is 51.6. The average molecular weight is 1070 g/mol. The van der Waals surface area contributed by atoms with Gasteiger partial charge in [-0.2, -0.15) is 0 Å². The lowest BCUT2D eigenvalue weighted by molar-refractivity contribution is 0.332. The lowest BCUT2D eigenvalue weighted by Gasteiger charge is -2.48. The largest absolute Gasteiger partial charge is 0.311 e. The second-order valence-corrected chi connectivity index (χ2v) is 29.6. The van der Waals surface area contributed by atoms with E-state index in [9.17, 15) is 0 Å².